The third-order valence-corrected chi connectivity index (χ3v) is 10.1. The topological polar surface area (TPSA) is 13.1 Å². The summed E-state index contributed by atoms with van der Waals surface area (Å²) in [5.41, 5.74) is 4.63. The molecule has 0 atom stereocenters. The fourth-order valence-electron chi connectivity index (χ4n) is 8.03. The van der Waals surface area contributed by atoms with Crippen molar-refractivity contribution in [2.24, 2.45) is 0 Å². The van der Waals surface area contributed by atoms with Gasteiger partial charge in [0.05, 0.1) is 12.3 Å². The molecule has 0 bridgehead atoms. The van der Waals surface area contributed by atoms with Crippen molar-refractivity contribution in [3.63, 3.8) is 0 Å². The zero-order chi connectivity index (χ0) is 41.3. The van der Waals surface area contributed by atoms with Crippen molar-refractivity contribution in [2.75, 3.05) is 0 Å². The maximum absolute atomic E-state index is 9.52. The van der Waals surface area contributed by atoms with Crippen LogP contribution in [0.3, 0.4) is 0 Å². The van der Waals surface area contributed by atoms with Crippen LogP contribution in [-0.4, -0.2) is 0 Å². The van der Waals surface area contributed by atoms with E-state index in [1.807, 2.05) is 48.5 Å². The van der Waals surface area contributed by atoms with E-state index in [-0.39, 0.29) is 62.4 Å². The van der Waals surface area contributed by atoms with Crippen LogP contribution in [0.15, 0.2) is 186 Å². The molecule has 0 radical (unpaired) electrons. The van der Waals surface area contributed by atoms with E-state index < -0.39 is 30.2 Å². The van der Waals surface area contributed by atoms with E-state index in [2.05, 4.69) is 78.9 Å². The van der Waals surface area contributed by atoms with Crippen molar-refractivity contribution < 1.29 is 16.8 Å². The third-order valence-electron chi connectivity index (χ3n) is 10.1. The zero-order valence-electron chi connectivity index (χ0n) is 36.0. The zero-order valence-corrected chi connectivity index (χ0v) is 27.0. The Bertz CT molecular complexity index is 3650. The summed E-state index contributed by atoms with van der Waals surface area (Å²) >= 11 is 0. The molecule has 0 spiro atoms. The average molecular weight is 656 g/mol. The Hall–Kier alpha value is -6.70. The van der Waals surface area contributed by atoms with Crippen molar-refractivity contribution in [1.29, 1.82) is 0 Å². The summed E-state index contributed by atoms with van der Waals surface area (Å²) in [7, 11) is 0. The number of hydrogen-bond acceptors (Lipinski definition) is 1. The molecule has 1 aromatic heterocycles. The molecular weight excluding hydrogens is 617 g/mol. The van der Waals surface area contributed by atoms with Crippen LogP contribution in [0.25, 0.3) is 109 Å². The Morgan fingerprint density at radius 1 is 0.333 bits per heavy atom. The van der Waals surface area contributed by atoms with Gasteiger partial charge >= 0.3 is 0 Å². The normalized spacial score (nSPS) is 14.4. The molecule has 11 rings (SSSR count). The van der Waals surface area contributed by atoms with Gasteiger partial charge in [-0.25, -0.2) is 0 Å². The van der Waals surface area contributed by atoms with Gasteiger partial charge in [0.25, 0.3) is 0 Å². The van der Waals surface area contributed by atoms with Crippen LogP contribution < -0.4 is 0 Å². The van der Waals surface area contributed by atoms with E-state index in [9.17, 15) is 4.11 Å². The Kier molecular flexibility index (Phi) is 4.43. The van der Waals surface area contributed by atoms with Crippen LogP contribution in [0.5, 0.6) is 0 Å². The first kappa shape index (κ1) is 20.7. The first-order valence-corrected chi connectivity index (χ1v) is 16.9. The second-order valence-corrected chi connectivity index (χ2v) is 12.8. The minimum absolute atomic E-state index is 0.0503. The van der Waals surface area contributed by atoms with E-state index in [0.29, 0.717) is 5.56 Å². The molecule has 0 aliphatic rings. The molecule has 0 saturated heterocycles. The highest BCUT2D eigenvalue weighted by atomic mass is 16.3. The summed E-state index contributed by atoms with van der Waals surface area (Å²) in [6, 6.07) is 39.6. The Balaban J connectivity index is 1.31. The van der Waals surface area contributed by atoms with E-state index >= 15 is 0 Å². The monoisotopic (exact) mass is 655 g/mol. The second kappa shape index (κ2) is 10.9. The van der Waals surface area contributed by atoms with Crippen molar-refractivity contribution in [2.45, 2.75) is 0 Å². The molecule has 0 amide bonds. The number of furan rings is 1. The quantitative estimate of drug-likeness (QED) is 0.173. The van der Waals surface area contributed by atoms with Crippen LogP contribution in [0, 0.1) is 0 Å². The van der Waals surface area contributed by atoms with Gasteiger partial charge in [0.2, 0.25) is 0 Å². The summed E-state index contributed by atoms with van der Waals surface area (Å²) < 4.78 is 86.6. The largest absolute Gasteiger partial charge is 0.456 e. The van der Waals surface area contributed by atoms with Crippen LogP contribution in [0.1, 0.15) is 12.3 Å². The predicted octanol–water partition coefficient (Wildman–Crippen LogP) is 14.4. The highest BCUT2D eigenvalue weighted by Crippen LogP contribution is 2.49. The number of benzene rings is 10. The van der Waals surface area contributed by atoms with Gasteiger partial charge in [0.15, 0.2) is 0 Å². The van der Waals surface area contributed by atoms with E-state index in [4.69, 9.17) is 12.6 Å². The summed E-state index contributed by atoms with van der Waals surface area (Å²) in [5.74, 6) is 0. The number of fused-ring (bicyclic) bond motifs is 8. The summed E-state index contributed by atoms with van der Waals surface area (Å²) in [6.45, 7) is 0. The van der Waals surface area contributed by atoms with Gasteiger partial charge in [-0.05, 0) is 105 Å². The molecule has 0 fully saturated rings. The maximum Gasteiger partial charge on any atom is 0.136 e. The molecule has 10 aromatic carbocycles. The average Bonchev–Trinajstić information content (AvgIpc) is 3.68. The molecular formula is C50H30O. The van der Waals surface area contributed by atoms with Crippen molar-refractivity contribution in [1.82, 2.24) is 0 Å². The van der Waals surface area contributed by atoms with Gasteiger partial charge in [-0.15, -0.1) is 0 Å². The fourth-order valence-corrected chi connectivity index (χ4v) is 8.03. The molecule has 1 heterocycles. The Morgan fingerprint density at radius 2 is 0.882 bits per heavy atom. The van der Waals surface area contributed by atoms with Gasteiger partial charge in [-0.3, -0.25) is 0 Å². The molecule has 236 valence electrons. The van der Waals surface area contributed by atoms with Crippen LogP contribution in [0.2, 0.25) is 0 Å². The van der Waals surface area contributed by atoms with Gasteiger partial charge in [0, 0.05) is 10.8 Å². The Morgan fingerprint density at radius 3 is 1.59 bits per heavy atom. The van der Waals surface area contributed by atoms with Crippen molar-refractivity contribution in [3.8, 4) is 33.4 Å². The van der Waals surface area contributed by atoms with E-state index in [1.54, 1.807) is 0 Å². The standard InChI is InChI=1S/C50H30O/c1-2-15-34-30-46-44(29-33(34)14-1)50-42(26-12-28-45(50)51-46)37-25-10-17-32-18-11-27-43(47(32)37)49-40-22-7-5-20-38(40)48(39-21-6-8-23-41(39)49)36-24-9-16-31-13-3-4-19-35(31)36/h1-30H/i1D,2D,12D,14D,15D,26D,28D,29D,30D. The number of hydrogen-bond donors (Lipinski definition) is 0. The molecule has 11 aromatic rings. The molecule has 0 aliphatic heterocycles. The van der Waals surface area contributed by atoms with Crippen LogP contribution >= 0.6 is 0 Å². The highest BCUT2D eigenvalue weighted by Gasteiger charge is 2.21. The minimum Gasteiger partial charge on any atom is -0.456 e. The van der Waals surface area contributed by atoms with E-state index in [0.717, 1.165) is 65.3 Å². The lowest BCUT2D eigenvalue weighted by atomic mass is 9.82. The van der Waals surface area contributed by atoms with Crippen molar-refractivity contribution >= 4 is 75.8 Å². The maximum atomic E-state index is 9.52. The fraction of sp³-hybridized carbons (Fsp3) is 0. The molecule has 0 unspecified atom stereocenters. The minimum atomic E-state index is -0.534. The SMILES string of the molecule is [2H]c1c([2H])c(-c2cccc3cccc(-c4c5ccccc5c(-c5cccc6ccccc56)c5ccccc45)c23)c2c(oc3c([2H])c4c([2H])c([2H])c([2H])c([2H])c4c([2H])c32)c1[2H]. The molecule has 51 heavy (non-hydrogen) atoms. The van der Waals surface area contributed by atoms with Crippen molar-refractivity contribution in [3.05, 3.63) is 182 Å². The second-order valence-electron chi connectivity index (χ2n) is 12.8. The van der Waals surface area contributed by atoms with Gasteiger partial charge in [0.1, 0.15) is 11.2 Å². The van der Waals surface area contributed by atoms with Crippen LogP contribution in [-0.2, 0) is 0 Å². The van der Waals surface area contributed by atoms with Gasteiger partial charge in [-0.2, -0.15) is 0 Å². The predicted molar refractivity (Wildman–Crippen MR) is 218 cm³/mol. The first-order chi connectivity index (χ1) is 29.1. The summed E-state index contributed by atoms with van der Waals surface area (Å²) in [5, 5.41) is 7.98. The lowest BCUT2D eigenvalue weighted by molar-refractivity contribution is 0.669. The lowest BCUT2D eigenvalue weighted by Crippen LogP contribution is -1.93. The molecule has 0 aliphatic carbocycles. The Labute approximate surface area is 307 Å². The smallest absolute Gasteiger partial charge is 0.136 e. The number of rotatable bonds is 3. The summed E-state index contributed by atoms with van der Waals surface area (Å²) in [4.78, 5) is 0. The highest BCUT2D eigenvalue weighted by molar-refractivity contribution is 6.27. The third kappa shape index (κ3) is 4.16. The van der Waals surface area contributed by atoms with Crippen LogP contribution in [0.4, 0.5) is 0 Å². The summed E-state index contributed by atoms with van der Waals surface area (Å²) in [6.07, 6.45) is 0. The molecule has 0 saturated carbocycles. The van der Waals surface area contributed by atoms with Gasteiger partial charge in [-0.1, -0.05) is 164 Å². The molecule has 1 nitrogen and oxygen atoms in total. The molecule has 1 heteroatoms. The molecule has 0 N–H and O–H groups in total. The lowest BCUT2D eigenvalue weighted by Gasteiger charge is -2.20. The van der Waals surface area contributed by atoms with E-state index in [1.165, 1.54) is 0 Å². The van der Waals surface area contributed by atoms with Gasteiger partial charge < -0.3 is 4.42 Å². The first-order valence-electron chi connectivity index (χ1n) is 21.4.